The summed E-state index contributed by atoms with van der Waals surface area (Å²) in [5.41, 5.74) is 1.03. The molecule has 0 aromatic heterocycles. The molecule has 0 spiro atoms. The summed E-state index contributed by atoms with van der Waals surface area (Å²) in [6.07, 6.45) is 1.33. The number of hydrogen-bond donors (Lipinski definition) is 1. The van der Waals surface area contributed by atoms with Gasteiger partial charge in [0, 0.05) is 19.6 Å². The zero-order valence-electron chi connectivity index (χ0n) is 12.9. The summed E-state index contributed by atoms with van der Waals surface area (Å²) < 4.78 is 32.0. The second-order valence-electron chi connectivity index (χ2n) is 5.54. The fourth-order valence-electron chi connectivity index (χ4n) is 2.69. The third-order valence-corrected chi connectivity index (χ3v) is 6.57. The van der Waals surface area contributed by atoms with Crippen molar-refractivity contribution in [3.63, 3.8) is 0 Å². The van der Waals surface area contributed by atoms with Gasteiger partial charge in [0.2, 0.25) is 10.0 Å². The van der Waals surface area contributed by atoms with E-state index in [-0.39, 0.29) is 11.3 Å². The molecule has 1 saturated heterocycles. The highest BCUT2D eigenvalue weighted by Gasteiger charge is 2.34. The zero-order valence-corrected chi connectivity index (χ0v) is 13.7. The molecule has 5 nitrogen and oxygen atoms in total. The molecule has 2 atom stereocenters. The molecule has 0 amide bonds. The van der Waals surface area contributed by atoms with Gasteiger partial charge in [0.25, 0.3) is 0 Å². The molecule has 1 heterocycles. The quantitative estimate of drug-likeness (QED) is 0.859. The van der Waals surface area contributed by atoms with Crippen molar-refractivity contribution in [2.75, 3.05) is 27.2 Å². The Kier molecular flexibility index (Phi) is 5.24. The summed E-state index contributed by atoms with van der Waals surface area (Å²) in [7, 11) is 0.0598. The van der Waals surface area contributed by atoms with E-state index in [2.05, 4.69) is 5.32 Å². The molecule has 1 aliphatic heterocycles. The zero-order chi connectivity index (χ0) is 15.5. The van der Waals surface area contributed by atoms with E-state index in [4.69, 9.17) is 4.74 Å². The third-order valence-electron chi connectivity index (χ3n) is 4.17. The summed E-state index contributed by atoms with van der Waals surface area (Å²) in [5, 5.41) is 2.81. The molecule has 1 aromatic carbocycles. The fraction of sp³-hybridized carbons (Fsp3) is 0.600. The lowest BCUT2D eigenvalue weighted by Crippen LogP contribution is -2.43. The summed E-state index contributed by atoms with van der Waals surface area (Å²) in [6, 6.07) is 7.63. The van der Waals surface area contributed by atoms with Crippen molar-refractivity contribution in [3.05, 3.63) is 29.8 Å². The molecule has 0 radical (unpaired) electrons. The molecule has 21 heavy (non-hydrogen) atoms. The van der Waals surface area contributed by atoms with Crippen LogP contribution < -0.4 is 10.1 Å². The Bertz CT molecular complexity index is 568. The Morgan fingerprint density at radius 1 is 1.43 bits per heavy atom. The van der Waals surface area contributed by atoms with Crippen LogP contribution in [0.25, 0.3) is 0 Å². The summed E-state index contributed by atoms with van der Waals surface area (Å²) >= 11 is 0. The smallest absolute Gasteiger partial charge is 0.218 e. The Morgan fingerprint density at radius 2 is 2.14 bits per heavy atom. The monoisotopic (exact) mass is 312 g/mol. The molecular weight excluding hydrogens is 288 g/mol. The second-order valence-corrected chi connectivity index (χ2v) is 7.81. The Labute approximate surface area is 127 Å². The number of rotatable bonds is 6. The highest BCUT2D eigenvalue weighted by atomic mass is 32.2. The maximum Gasteiger partial charge on any atom is 0.218 e. The molecule has 0 saturated carbocycles. The van der Waals surface area contributed by atoms with Gasteiger partial charge >= 0.3 is 0 Å². The van der Waals surface area contributed by atoms with Crippen LogP contribution in [0.3, 0.4) is 0 Å². The largest absolute Gasteiger partial charge is 0.496 e. The van der Waals surface area contributed by atoms with Crippen molar-refractivity contribution in [2.45, 2.75) is 31.1 Å². The highest BCUT2D eigenvalue weighted by molar-refractivity contribution is 7.89. The second kappa shape index (κ2) is 6.77. The van der Waals surface area contributed by atoms with Gasteiger partial charge in [-0.2, -0.15) is 0 Å². The maximum absolute atomic E-state index is 12.6. The average Bonchev–Trinajstić information content (AvgIpc) is 3.02. The Morgan fingerprint density at radius 3 is 2.76 bits per heavy atom. The van der Waals surface area contributed by atoms with Crippen molar-refractivity contribution in [3.8, 4) is 5.75 Å². The standard InChI is InChI=1S/C15H24N2O3S/c1-12(10-13-6-4-5-7-15(13)20-3)17(2)21(18,19)14-8-9-16-11-14/h4-7,12,14,16H,8-11H2,1-3H3. The van der Waals surface area contributed by atoms with Crippen LogP contribution in [0.15, 0.2) is 24.3 Å². The van der Waals surface area contributed by atoms with Gasteiger partial charge in [-0.05, 0) is 37.9 Å². The third kappa shape index (κ3) is 3.56. The number of hydrogen-bond acceptors (Lipinski definition) is 4. The number of ether oxygens (including phenoxy) is 1. The topological polar surface area (TPSA) is 58.6 Å². The van der Waals surface area contributed by atoms with Gasteiger partial charge in [0.1, 0.15) is 5.75 Å². The number of nitrogens with zero attached hydrogens (tertiary/aromatic N) is 1. The molecule has 1 aliphatic rings. The molecule has 1 aromatic rings. The number of benzene rings is 1. The molecule has 2 unspecified atom stereocenters. The SMILES string of the molecule is COc1ccccc1CC(C)N(C)S(=O)(=O)C1CCNC1. The van der Waals surface area contributed by atoms with Crippen LogP contribution in [0.5, 0.6) is 5.75 Å². The van der Waals surface area contributed by atoms with E-state index < -0.39 is 10.0 Å². The predicted molar refractivity (Wildman–Crippen MR) is 84.1 cm³/mol. The van der Waals surface area contributed by atoms with Crippen molar-refractivity contribution in [1.29, 1.82) is 0 Å². The number of para-hydroxylation sites is 1. The van der Waals surface area contributed by atoms with Gasteiger partial charge in [0.05, 0.1) is 12.4 Å². The van der Waals surface area contributed by atoms with Gasteiger partial charge in [-0.25, -0.2) is 12.7 Å². The summed E-state index contributed by atoms with van der Waals surface area (Å²) in [4.78, 5) is 0. The lowest BCUT2D eigenvalue weighted by molar-refractivity contribution is 0.370. The number of nitrogens with one attached hydrogen (secondary N) is 1. The first-order valence-electron chi connectivity index (χ1n) is 7.26. The van der Waals surface area contributed by atoms with Gasteiger partial charge in [-0.15, -0.1) is 0 Å². The van der Waals surface area contributed by atoms with Crippen LogP contribution in [-0.4, -0.2) is 51.3 Å². The summed E-state index contributed by atoms with van der Waals surface area (Å²) in [5.74, 6) is 0.803. The average molecular weight is 312 g/mol. The predicted octanol–water partition coefficient (Wildman–Crippen LogP) is 1.25. The first kappa shape index (κ1) is 16.3. The van der Waals surface area contributed by atoms with Crippen LogP contribution in [-0.2, 0) is 16.4 Å². The number of sulfonamides is 1. The minimum atomic E-state index is -3.25. The van der Waals surface area contributed by atoms with E-state index in [0.717, 1.165) is 17.9 Å². The van der Waals surface area contributed by atoms with E-state index in [1.807, 2.05) is 31.2 Å². The van der Waals surface area contributed by atoms with E-state index in [1.54, 1.807) is 14.2 Å². The van der Waals surface area contributed by atoms with Crippen LogP contribution in [0.4, 0.5) is 0 Å². The van der Waals surface area contributed by atoms with E-state index in [9.17, 15) is 8.42 Å². The minimum Gasteiger partial charge on any atom is -0.496 e. The first-order chi connectivity index (χ1) is 9.96. The number of likely N-dealkylation sites (N-methyl/N-ethyl adjacent to an activating group) is 1. The molecule has 118 valence electrons. The number of methoxy groups -OCH3 is 1. The van der Waals surface area contributed by atoms with Crippen molar-refractivity contribution >= 4 is 10.0 Å². The fourth-order valence-corrected chi connectivity index (χ4v) is 4.48. The Balaban J connectivity index is 2.10. The van der Waals surface area contributed by atoms with Crippen molar-refractivity contribution < 1.29 is 13.2 Å². The minimum absolute atomic E-state index is 0.105. The van der Waals surface area contributed by atoms with E-state index >= 15 is 0 Å². The molecule has 0 aliphatic carbocycles. The molecular formula is C15H24N2O3S. The molecule has 0 bridgehead atoms. The van der Waals surface area contributed by atoms with E-state index in [1.165, 1.54) is 4.31 Å². The van der Waals surface area contributed by atoms with E-state index in [0.29, 0.717) is 19.4 Å². The normalized spacial score (nSPS) is 20.7. The van der Waals surface area contributed by atoms with Crippen LogP contribution >= 0.6 is 0 Å². The lowest BCUT2D eigenvalue weighted by Gasteiger charge is -2.27. The first-order valence-corrected chi connectivity index (χ1v) is 8.76. The lowest BCUT2D eigenvalue weighted by atomic mass is 10.1. The molecule has 6 heteroatoms. The van der Waals surface area contributed by atoms with Crippen molar-refractivity contribution in [1.82, 2.24) is 9.62 Å². The van der Waals surface area contributed by atoms with Crippen molar-refractivity contribution in [2.24, 2.45) is 0 Å². The Hall–Kier alpha value is -1.11. The molecule has 1 fully saturated rings. The summed E-state index contributed by atoms with van der Waals surface area (Å²) in [6.45, 7) is 3.26. The highest BCUT2D eigenvalue weighted by Crippen LogP contribution is 2.23. The van der Waals surface area contributed by atoms with Gasteiger partial charge in [-0.3, -0.25) is 0 Å². The van der Waals surface area contributed by atoms with Crippen LogP contribution in [0.2, 0.25) is 0 Å². The van der Waals surface area contributed by atoms with Gasteiger partial charge in [-0.1, -0.05) is 18.2 Å². The van der Waals surface area contributed by atoms with Crippen LogP contribution in [0, 0.1) is 0 Å². The maximum atomic E-state index is 12.6. The van der Waals surface area contributed by atoms with Gasteiger partial charge in [0.15, 0.2) is 0 Å². The molecule has 1 N–H and O–H groups in total. The van der Waals surface area contributed by atoms with Crippen LogP contribution in [0.1, 0.15) is 18.9 Å². The van der Waals surface area contributed by atoms with Gasteiger partial charge < -0.3 is 10.1 Å². The molecule has 2 rings (SSSR count).